The van der Waals surface area contributed by atoms with Crippen LogP contribution in [-0.4, -0.2) is 55.7 Å². The van der Waals surface area contributed by atoms with Gasteiger partial charge in [-0.05, 0) is 39.3 Å². The Morgan fingerprint density at radius 3 is 2.58 bits per heavy atom. The van der Waals surface area contributed by atoms with Crippen LogP contribution in [0.25, 0.3) is 0 Å². The summed E-state index contributed by atoms with van der Waals surface area (Å²) in [6.45, 7) is 3.03. The maximum atomic E-state index is 12.1. The summed E-state index contributed by atoms with van der Waals surface area (Å²) in [6.07, 6.45) is 3.63. The molecule has 2 rings (SSSR count). The molecular weight excluding hydrogens is 289 g/mol. The van der Waals surface area contributed by atoms with Crippen molar-refractivity contribution < 1.29 is 9.53 Å². The van der Waals surface area contributed by atoms with Crippen LogP contribution in [0.15, 0.2) is 0 Å². The average molecular weight is 314 g/mol. The predicted molar refractivity (Wildman–Crippen MR) is 80.1 cm³/mol. The van der Waals surface area contributed by atoms with Gasteiger partial charge in [-0.1, -0.05) is 0 Å². The van der Waals surface area contributed by atoms with Crippen molar-refractivity contribution in [2.75, 3.05) is 33.4 Å². The van der Waals surface area contributed by atoms with E-state index in [1.807, 2.05) is 0 Å². The van der Waals surface area contributed by atoms with Crippen LogP contribution in [0.1, 0.15) is 25.7 Å². The fourth-order valence-corrected chi connectivity index (χ4v) is 2.59. The number of carbonyl (C=O) groups excluding carboxylic acids is 1. The van der Waals surface area contributed by atoms with E-state index in [1.165, 1.54) is 6.42 Å². The molecule has 0 aromatic heterocycles. The molecule has 19 heavy (non-hydrogen) atoms. The molecule has 0 bridgehead atoms. The van der Waals surface area contributed by atoms with Crippen molar-refractivity contribution in [1.82, 2.24) is 10.2 Å². The van der Waals surface area contributed by atoms with Gasteiger partial charge < -0.3 is 20.7 Å². The molecule has 1 atom stereocenters. The monoisotopic (exact) mass is 313 g/mol. The smallest absolute Gasteiger partial charge is 0.240 e. The quantitative estimate of drug-likeness (QED) is 0.798. The minimum Gasteiger partial charge on any atom is -0.381 e. The molecule has 0 radical (unpaired) electrons. The Bertz CT molecular complexity index is 286. The zero-order valence-corrected chi connectivity index (χ0v) is 13.0. The average Bonchev–Trinajstić information content (AvgIpc) is 2.73. The summed E-state index contributed by atoms with van der Waals surface area (Å²) in [4.78, 5) is 14.4. The van der Waals surface area contributed by atoms with Crippen LogP contribution in [-0.2, 0) is 9.53 Å². The molecule has 2 aliphatic heterocycles. The highest BCUT2D eigenvalue weighted by atomic mass is 35.5. The number of likely N-dealkylation sites (N-methyl/N-ethyl adjacent to an activating group) is 1. The van der Waals surface area contributed by atoms with Crippen LogP contribution in [0.4, 0.5) is 0 Å². The first-order valence-corrected chi connectivity index (χ1v) is 6.47. The number of hydrogen-bond donors (Lipinski definition) is 2. The summed E-state index contributed by atoms with van der Waals surface area (Å²) >= 11 is 0. The molecule has 0 aliphatic carbocycles. The molecule has 0 aromatic rings. The summed E-state index contributed by atoms with van der Waals surface area (Å²) in [5.41, 5.74) is 5.40. The van der Waals surface area contributed by atoms with E-state index in [0.717, 1.165) is 19.5 Å². The molecule has 3 N–H and O–H groups in total. The highest BCUT2D eigenvalue weighted by molar-refractivity contribution is 5.86. The standard InChI is InChI=1S/C12H23N3O2.2ClH/c1-15-6-2-3-10(15)9-14-11(16)12(13)4-7-17-8-5-12;;/h10H,2-9,13H2,1H3,(H,14,16);2*1H. The minimum absolute atomic E-state index is 0. The molecule has 2 fully saturated rings. The lowest BCUT2D eigenvalue weighted by atomic mass is 9.90. The second kappa shape index (κ2) is 8.27. The first kappa shape index (κ1) is 18.9. The molecule has 2 heterocycles. The Kier molecular flexibility index (Phi) is 8.24. The maximum Gasteiger partial charge on any atom is 0.240 e. The van der Waals surface area contributed by atoms with E-state index in [-0.39, 0.29) is 30.7 Å². The van der Waals surface area contributed by atoms with Gasteiger partial charge in [-0.3, -0.25) is 4.79 Å². The molecular formula is C12H25Cl2N3O2. The molecule has 0 aromatic carbocycles. The van der Waals surface area contributed by atoms with Crippen LogP contribution in [0.3, 0.4) is 0 Å². The van der Waals surface area contributed by atoms with Crippen molar-refractivity contribution >= 4 is 30.7 Å². The van der Waals surface area contributed by atoms with Crippen molar-refractivity contribution in [3.05, 3.63) is 0 Å². The van der Waals surface area contributed by atoms with Gasteiger partial charge in [0.1, 0.15) is 0 Å². The third-order valence-electron chi connectivity index (χ3n) is 4.01. The Morgan fingerprint density at radius 2 is 2.05 bits per heavy atom. The number of likely N-dealkylation sites (tertiary alicyclic amines) is 1. The highest BCUT2D eigenvalue weighted by Crippen LogP contribution is 2.18. The molecule has 1 unspecified atom stereocenters. The van der Waals surface area contributed by atoms with Crippen molar-refractivity contribution in [3.8, 4) is 0 Å². The molecule has 2 saturated heterocycles. The van der Waals surface area contributed by atoms with Gasteiger partial charge in [0, 0.05) is 25.8 Å². The molecule has 5 nitrogen and oxygen atoms in total. The van der Waals surface area contributed by atoms with E-state index in [1.54, 1.807) is 0 Å². The Balaban J connectivity index is 0.00000162. The number of rotatable bonds is 3. The lowest BCUT2D eigenvalue weighted by Gasteiger charge is -2.32. The lowest BCUT2D eigenvalue weighted by Crippen LogP contribution is -2.58. The maximum absolute atomic E-state index is 12.1. The minimum atomic E-state index is -0.713. The van der Waals surface area contributed by atoms with Crippen molar-refractivity contribution in [3.63, 3.8) is 0 Å². The van der Waals surface area contributed by atoms with Crippen molar-refractivity contribution in [2.24, 2.45) is 5.73 Å². The van der Waals surface area contributed by atoms with E-state index >= 15 is 0 Å². The Morgan fingerprint density at radius 1 is 1.42 bits per heavy atom. The van der Waals surface area contributed by atoms with Gasteiger partial charge >= 0.3 is 0 Å². The predicted octanol–water partition coefficient (Wildman–Crippen LogP) is 0.548. The Hall–Kier alpha value is -0.0700. The number of nitrogens with two attached hydrogens (primary N) is 1. The first-order chi connectivity index (χ1) is 8.12. The number of nitrogens with zero attached hydrogens (tertiary/aromatic N) is 1. The molecule has 0 saturated carbocycles. The summed E-state index contributed by atoms with van der Waals surface area (Å²) in [5.74, 6) is -0.0129. The zero-order chi connectivity index (χ0) is 12.3. The second-order valence-corrected chi connectivity index (χ2v) is 5.26. The van der Waals surface area contributed by atoms with Crippen molar-refractivity contribution in [2.45, 2.75) is 37.3 Å². The van der Waals surface area contributed by atoms with E-state index in [4.69, 9.17) is 10.5 Å². The van der Waals surface area contributed by atoms with Gasteiger partial charge in [0.05, 0.1) is 5.54 Å². The first-order valence-electron chi connectivity index (χ1n) is 6.47. The summed E-state index contributed by atoms with van der Waals surface area (Å²) in [5, 5.41) is 3.00. The molecule has 1 amide bonds. The van der Waals surface area contributed by atoms with E-state index < -0.39 is 5.54 Å². The van der Waals surface area contributed by atoms with Crippen LogP contribution >= 0.6 is 24.8 Å². The topological polar surface area (TPSA) is 67.6 Å². The molecule has 114 valence electrons. The van der Waals surface area contributed by atoms with Crippen LogP contribution < -0.4 is 11.1 Å². The van der Waals surface area contributed by atoms with Crippen LogP contribution in [0.2, 0.25) is 0 Å². The van der Waals surface area contributed by atoms with Gasteiger partial charge in [-0.2, -0.15) is 0 Å². The summed E-state index contributed by atoms with van der Waals surface area (Å²) < 4.78 is 5.24. The third-order valence-corrected chi connectivity index (χ3v) is 4.01. The normalized spacial score (nSPS) is 26.1. The number of carbonyl (C=O) groups is 1. The number of ether oxygens (including phenoxy) is 1. The number of halogens is 2. The van der Waals surface area contributed by atoms with Crippen LogP contribution in [0.5, 0.6) is 0 Å². The lowest BCUT2D eigenvalue weighted by molar-refractivity contribution is -0.129. The molecule has 7 heteroatoms. The number of amides is 1. The van der Waals surface area contributed by atoms with Crippen molar-refractivity contribution in [1.29, 1.82) is 0 Å². The van der Waals surface area contributed by atoms with Gasteiger partial charge in [0.2, 0.25) is 5.91 Å². The van der Waals surface area contributed by atoms with E-state index in [2.05, 4.69) is 17.3 Å². The highest BCUT2D eigenvalue weighted by Gasteiger charge is 2.36. The van der Waals surface area contributed by atoms with Crippen LogP contribution in [0, 0.1) is 0 Å². The van der Waals surface area contributed by atoms with E-state index in [0.29, 0.717) is 32.1 Å². The third kappa shape index (κ3) is 4.76. The number of hydrogen-bond acceptors (Lipinski definition) is 4. The summed E-state index contributed by atoms with van der Waals surface area (Å²) in [6, 6.07) is 0.474. The number of nitrogens with one attached hydrogen (secondary N) is 1. The fraction of sp³-hybridized carbons (Fsp3) is 0.917. The SMILES string of the molecule is CN1CCCC1CNC(=O)C1(N)CCOCC1.Cl.Cl. The zero-order valence-electron chi connectivity index (χ0n) is 11.4. The second-order valence-electron chi connectivity index (χ2n) is 5.26. The molecule has 2 aliphatic rings. The van der Waals surface area contributed by atoms with Gasteiger partial charge in [-0.15, -0.1) is 24.8 Å². The fourth-order valence-electron chi connectivity index (χ4n) is 2.59. The Labute approximate surface area is 127 Å². The molecule has 0 spiro atoms. The van der Waals surface area contributed by atoms with Gasteiger partial charge in [0.15, 0.2) is 0 Å². The largest absolute Gasteiger partial charge is 0.381 e. The van der Waals surface area contributed by atoms with Gasteiger partial charge in [-0.25, -0.2) is 0 Å². The summed E-state index contributed by atoms with van der Waals surface area (Å²) in [7, 11) is 2.11. The van der Waals surface area contributed by atoms with E-state index in [9.17, 15) is 4.79 Å². The van der Waals surface area contributed by atoms with Gasteiger partial charge in [0.25, 0.3) is 0 Å².